The molecule has 2 rings (SSSR count). The zero-order valence-corrected chi connectivity index (χ0v) is 13.2. The Morgan fingerprint density at radius 3 is 3.00 bits per heavy atom. The Morgan fingerprint density at radius 1 is 1.45 bits per heavy atom. The van der Waals surface area contributed by atoms with Crippen LogP contribution in [-0.2, 0) is 4.74 Å². The molecular formula is C14H27N4OS+. The number of hydrogen-bond donors (Lipinski definition) is 3. The van der Waals surface area contributed by atoms with Crippen molar-refractivity contribution in [2.75, 3.05) is 39.4 Å². The molecule has 0 unspecified atom stereocenters. The summed E-state index contributed by atoms with van der Waals surface area (Å²) in [6.07, 6.45) is 4.79. The number of ether oxygens (including phenoxy) is 1. The van der Waals surface area contributed by atoms with Crippen molar-refractivity contribution in [3.63, 3.8) is 0 Å². The van der Waals surface area contributed by atoms with E-state index in [9.17, 15) is 0 Å². The Labute approximate surface area is 127 Å². The summed E-state index contributed by atoms with van der Waals surface area (Å²) in [6.45, 7) is 8.22. The van der Waals surface area contributed by atoms with Gasteiger partial charge < -0.3 is 15.0 Å². The highest BCUT2D eigenvalue weighted by molar-refractivity contribution is 7.80. The van der Waals surface area contributed by atoms with E-state index in [2.05, 4.69) is 22.8 Å². The van der Waals surface area contributed by atoms with Crippen LogP contribution in [0.25, 0.3) is 0 Å². The van der Waals surface area contributed by atoms with Gasteiger partial charge in [-0.15, -0.1) is 0 Å². The molecule has 0 bridgehead atoms. The van der Waals surface area contributed by atoms with Crippen molar-refractivity contribution in [3.05, 3.63) is 0 Å². The van der Waals surface area contributed by atoms with Crippen molar-refractivity contribution in [1.82, 2.24) is 10.7 Å². The van der Waals surface area contributed by atoms with E-state index in [1.165, 1.54) is 18.6 Å². The molecule has 1 atom stereocenters. The maximum Gasteiger partial charge on any atom is 0.187 e. The third-order valence-corrected chi connectivity index (χ3v) is 4.26. The molecule has 1 saturated carbocycles. The van der Waals surface area contributed by atoms with Gasteiger partial charge in [-0.3, -0.25) is 5.43 Å². The summed E-state index contributed by atoms with van der Waals surface area (Å²) < 4.78 is 5.34. The molecule has 20 heavy (non-hydrogen) atoms. The Hall–Kier alpha value is -0.720. The van der Waals surface area contributed by atoms with Crippen LogP contribution in [0.3, 0.4) is 0 Å². The first kappa shape index (κ1) is 15.7. The molecule has 0 radical (unpaired) electrons. The van der Waals surface area contributed by atoms with E-state index in [1.54, 1.807) is 4.90 Å². The van der Waals surface area contributed by atoms with Crippen LogP contribution in [0, 0.1) is 5.92 Å². The minimum Gasteiger partial charge on any atom is -0.370 e. The van der Waals surface area contributed by atoms with Crippen LogP contribution in [0.5, 0.6) is 0 Å². The predicted octanol–water partition coefficient (Wildman–Crippen LogP) is -0.0683. The zero-order chi connectivity index (χ0) is 14.2. The van der Waals surface area contributed by atoms with Gasteiger partial charge in [0.1, 0.15) is 13.1 Å². The van der Waals surface area contributed by atoms with Crippen molar-refractivity contribution in [3.8, 4) is 0 Å². The molecule has 0 aromatic carbocycles. The normalized spacial score (nSPS) is 26.4. The molecule has 1 aliphatic carbocycles. The van der Waals surface area contributed by atoms with Gasteiger partial charge in [-0.25, -0.2) is 0 Å². The van der Waals surface area contributed by atoms with E-state index < -0.39 is 0 Å². The zero-order valence-electron chi connectivity index (χ0n) is 12.4. The van der Waals surface area contributed by atoms with E-state index in [4.69, 9.17) is 17.0 Å². The molecule has 1 saturated heterocycles. The molecule has 6 heteroatoms. The molecule has 0 amide bonds. The lowest BCUT2D eigenvalue weighted by Gasteiger charge is -2.24. The van der Waals surface area contributed by atoms with Gasteiger partial charge in [0, 0.05) is 5.71 Å². The van der Waals surface area contributed by atoms with Gasteiger partial charge in [0.05, 0.1) is 26.3 Å². The smallest absolute Gasteiger partial charge is 0.187 e. The lowest BCUT2D eigenvalue weighted by Crippen LogP contribution is -3.14. The summed E-state index contributed by atoms with van der Waals surface area (Å²) in [4.78, 5) is 1.58. The maximum atomic E-state index is 5.34. The molecular weight excluding hydrogens is 272 g/mol. The molecule has 0 aromatic heterocycles. The number of quaternary nitrogens is 1. The lowest BCUT2D eigenvalue weighted by atomic mass is 9.89. The van der Waals surface area contributed by atoms with Gasteiger partial charge >= 0.3 is 0 Å². The van der Waals surface area contributed by atoms with Gasteiger partial charge in [0.15, 0.2) is 5.11 Å². The number of hydrazone groups is 1. The van der Waals surface area contributed by atoms with E-state index >= 15 is 0 Å². The summed E-state index contributed by atoms with van der Waals surface area (Å²) in [6, 6.07) is 0. The van der Waals surface area contributed by atoms with Crippen LogP contribution in [-0.4, -0.2) is 50.2 Å². The summed E-state index contributed by atoms with van der Waals surface area (Å²) >= 11 is 5.26. The first-order valence-corrected chi connectivity index (χ1v) is 8.15. The molecule has 0 spiro atoms. The van der Waals surface area contributed by atoms with Gasteiger partial charge in [0.2, 0.25) is 0 Å². The van der Waals surface area contributed by atoms with E-state index in [0.29, 0.717) is 5.11 Å². The molecule has 1 aliphatic heterocycles. The Balaban J connectivity index is 1.59. The van der Waals surface area contributed by atoms with Gasteiger partial charge in [-0.1, -0.05) is 6.92 Å². The molecule has 2 fully saturated rings. The molecule has 1 heterocycles. The monoisotopic (exact) mass is 299 g/mol. The molecule has 5 nitrogen and oxygen atoms in total. The van der Waals surface area contributed by atoms with Crippen molar-refractivity contribution < 1.29 is 9.64 Å². The highest BCUT2D eigenvalue weighted by atomic mass is 32.1. The van der Waals surface area contributed by atoms with E-state index in [-0.39, 0.29) is 0 Å². The Bertz CT molecular complexity index is 342. The number of thiocarbonyl (C=S) groups is 1. The average molecular weight is 299 g/mol. The van der Waals surface area contributed by atoms with E-state index in [0.717, 1.165) is 58.2 Å². The standard InChI is InChI=1S/C14H26N4OS/c1-12-3-2-4-13(11-12)16-17-14(20)15-5-6-18-7-9-19-10-8-18/h12H,2-11H2,1H3,(H2,15,17,20)/p+1/b16-13-/t12-/m1/s1. The molecule has 3 N–H and O–H groups in total. The van der Waals surface area contributed by atoms with Crippen molar-refractivity contribution in [1.29, 1.82) is 0 Å². The van der Waals surface area contributed by atoms with Gasteiger partial charge in [-0.2, -0.15) is 5.10 Å². The summed E-state index contributed by atoms with van der Waals surface area (Å²) in [5.41, 5.74) is 4.24. The second-order valence-electron chi connectivity index (χ2n) is 5.86. The van der Waals surface area contributed by atoms with Crippen LogP contribution in [0.2, 0.25) is 0 Å². The summed E-state index contributed by atoms with van der Waals surface area (Å²) in [7, 11) is 0. The van der Waals surface area contributed by atoms with Crippen LogP contribution in [0.4, 0.5) is 0 Å². The second-order valence-corrected chi connectivity index (χ2v) is 6.27. The second kappa shape index (κ2) is 8.54. The summed E-state index contributed by atoms with van der Waals surface area (Å²) in [5.74, 6) is 0.760. The molecule has 114 valence electrons. The van der Waals surface area contributed by atoms with Crippen LogP contribution in [0.15, 0.2) is 5.10 Å². The fraction of sp³-hybridized carbons (Fsp3) is 0.857. The van der Waals surface area contributed by atoms with Crippen LogP contribution in [0.1, 0.15) is 32.6 Å². The number of morpholine rings is 1. The number of hydrogen-bond acceptors (Lipinski definition) is 3. The third-order valence-electron chi connectivity index (χ3n) is 4.03. The fourth-order valence-corrected chi connectivity index (χ4v) is 2.94. The first-order chi connectivity index (χ1) is 9.74. The predicted molar refractivity (Wildman–Crippen MR) is 85.2 cm³/mol. The summed E-state index contributed by atoms with van der Waals surface area (Å²) in [5, 5.41) is 8.31. The quantitative estimate of drug-likeness (QED) is 0.502. The van der Waals surface area contributed by atoms with Crippen molar-refractivity contribution >= 4 is 23.0 Å². The highest BCUT2D eigenvalue weighted by Crippen LogP contribution is 2.20. The van der Waals surface area contributed by atoms with Gasteiger partial charge in [-0.05, 0) is 43.8 Å². The van der Waals surface area contributed by atoms with E-state index in [1.807, 2.05) is 0 Å². The minimum absolute atomic E-state index is 0.642. The highest BCUT2D eigenvalue weighted by Gasteiger charge is 2.14. The first-order valence-electron chi connectivity index (χ1n) is 7.74. The van der Waals surface area contributed by atoms with Crippen LogP contribution < -0.4 is 15.6 Å². The Morgan fingerprint density at radius 2 is 2.25 bits per heavy atom. The van der Waals surface area contributed by atoms with Crippen molar-refractivity contribution in [2.24, 2.45) is 11.0 Å². The topological polar surface area (TPSA) is 50.1 Å². The molecule has 0 aromatic rings. The largest absolute Gasteiger partial charge is 0.370 e. The SMILES string of the molecule is C[C@@H]1CCC/C(=N/NC(=S)NCC[NH+]2CCOCC2)C1. The number of nitrogens with one attached hydrogen (secondary N) is 3. The van der Waals surface area contributed by atoms with Crippen molar-refractivity contribution in [2.45, 2.75) is 32.6 Å². The minimum atomic E-state index is 0.642. The lowest BCUT2D eigenvalue weighted by molar-refractivity contribution is -0.906. The average Bonchev–Trinajstić information content (AvgIpc) is 2.46. The molecule has 2 aliphatic rings. The fourth-order valence-electron chi connectivity index (χ4n) is 2.79. The van der Waals surface area contributed by atoms with Gasteiger partial charge in [0.25, 0.3) is 0 Å². The van der Waals surface area contributed by atoms with Crippen LogP contribution >= 0.6 is 12.2 Å². The number of nitrogens with zero attached hydrogens (tertiary/aromatic N) is 1. The third kappa shape index (κ3) is 5.73. The maximum absolute atomic E-state index is 5.34. The number of rotatable bonds is 4. The Kier molecular flexibility index (Phi) is 6.69.